The number of hydrogen-bond donors (Lipinski definition) is 1. The highest BCUT2D eigenvalue weighted by atomic mass is 16.2. The van der Waals surface area contributed by atoms with Crippen LogP contribution < -0.4 is 5.32 Å². The second kappa shape index (κ2) is 5.70. The third-order valence-corrected chi connectivity index (χ3v) is 3.29. The molecule has 1 aromatic carbocycles. The van der Waals surface area contributed by atoms with E-state index < -0.39 is 11.8 Å². The van der Waals surface area contributed by atoms with Gasteiger partial charge in [0.1, 0.15) is 0 Å². The average Bonchev–Trinajstić information content (AvgIpc) is 2.53. The van der Waals surface area contributed by atoms with Crippen molar-refractivity contribution in [3.05, 3.63) is 48.2 Å². The van der Waals surface area contributed by atoms with E-state index in [0.29, 0.717) is 25.3 Å². The number of aromatic nitrogens is 2. The van der Waals surface area contributed by atoms with E-state index in [1.165, 1.54) is 4.90 Å². The first kappa shape index (κ1) is 13.2. The first-order valence-corrected chi connectivity index (χ1v) is 6.69. The highest BCUT2D eigenvalue weighted by molar-refractivity contribution is 6.35. The minimum atomic E-state index is -0.560. The molecule has 1 fully saturated rings. The van der Waals surface area contributed by atoms with Crippen molar-refractivity contribution in [1.29, 1.82) is 0 Å². The van der Waals surface area contributed by atoms with Gasteiger partial charge in [-0.15, -0.1) is 0 Å². The molecule has 106 valence electrons. The Morgan fingerprint density at radius 2 is 1.86 bits per heavy atom. The van der Waals surface area contributed by atoms with Gasteiger partial charge in [-0.1, -0.05) is 30.3 Å². The molecule has 0 saturated carbocycles. The molecule has 1 aromatic heterocycles. The fraction of sp³-hybridized carbons (Fsp3) is 0.200. The monoisotopic (exact) mass is 282 g/mol. The lowest BCUT2D eigenvalue weighted by molar-refractivity contribution is -0.148. The molecule has 0 unspecified atom stereocenters. The van der Waals surface area contributed by atoms with Crippen LogP contribution >= 0.6 is 0 Å². The van der Waals surface area contributed by atoms with Crippen LogP contribution in [-0.2, 0) is 16.1 Å². The number of carbonyl (C=O) groups excluding carboxylic acids is 2. The first-order chi connectivity index (χ1) is 10.2. The summed E-state index contributed by atoms with van der Waals surface area (Å²) in [5.74, 6) is -1.08. The molecule has 0 radical (unpaired) electrons. The van der Waals surface area contributed by atoms with Gasteiger partial charge in [0.05, 0.1) is 17.9 Å². The van der Waals surface area contributed by atoms with Gasteiger partial charge in [-0.2, -0.15) is 10.2 Å². The fourth-order valence-electron chi connectivity index (χ4n) is 2.18. The Kier molecular flexibility index (Phi) is 3.59. The maximum Gasteiger partial charge on any atom is 0.312 e. The fourth-order valence-corrected chi connectivity index (χ4v) is 2.18. The minimum absolute atomic E-state index is 0.300. The van der Waals surface area contributed by atoms with Gasteiger partial charge in [0, 0.05) is 18.7 Å². The molecule has 1 aliphatic rings. The quantitative estimate of drug-likeness (QED) is 0.837. The summed E-state index contributed by atoms with van der Waals surface area (Å²) >= 11 is 0. The Bertz CT molecular complexity index is 655. The van der Waals surface area contributed by atoms with E-state index in [0.717, 1.165) is 11.3 Å². The van der Waals surface area contributed by atoms with E-state index in [9.17, 15) is 9.59 Å². The molecule has 6 nitrogen and oxygen atoms in total. The number of nitrogens with one attached hydrogen (secondary N) is 1. The van der Waals surface area contributed by atoms with Crippen LogP contribution in [0.15, 0.2) is 42.5 Å². The van der Waals surface area contributed by atoms with E-state index in [2.05, 4.69) is 15.5 Å². The van der Waals surface area contributed by atoms with Gasteiger partial charge >= 0.3 is 11.8 Å². The van der Waals surface area contributed by atoms with Gasteiger partial charge in [-0.3, -0.25) is 9.59 Å². The Labute approximate surface area is 121 Å². The molecule has 2 amide bonds. The average molecular weight is 282 g/mol. The van der Waals surface area contributed by atoms with E-state index in [4.69, 9.17) is 0 Å². The smallest absolute Gasteiger partial charge is 0.312 e. The summed E-state index contributed by atoms with van der Waals surface area (Å²) in [6.45, 7) is 1.26. The van der Waals surface area contributed by atoms with Crippen molar-refractivity contribution in [2.45, 2.75) is 6.54 Å². The van der Waals surface area contributed by atoms with Gasteiger partial charge in [0.25, 0.3) is 0 Å². The van der Waals surface area contributed by atoms with E-state index in [1.54, 1.807) is 0 Å². The number of rotatable bonds is 3. The maximum atomic E-state index is 11.7. The minimum Gasteiger partial charge on any atom is -0.346 e. The SMILES string of the molecule is O=C1NCCN(Cc2ccc(-c3ccccc3)nn2)C1=O. The number of piperazine rings is 1. The molecule has 1 aliphatic heterocycles. The Balaban J connectivity index is 1.73. The topological polar surface area (TPSA) is 75.2 Å². The van der Waals surface area contributed by atoms with Crippen molar-refractivity contribution in [3.8, 4) is 11.3 Å². The molecule has 2 heterocycles. The summed E-state index contributed by atoms with van der Waals surface area (Å²) < 4.78 is 0. The molecule has 21 heavy (non-hydrogen) atoms. The Hall–Kier alpha value is -2.76. The van der Waals surface area contributed by atoms with Crippen LogP contribution in [0.3, 0.4) is 0 Å². The van der Waals surface area contributed by atoms with Crippen LogP contribution in [0.4, 0.5) is 0 Å². The molecule has 0 bridgehead atoms. The molecular formula is C15H14N4O2. The van der Waals surface area contributed by atoms with Gasteiger partial charge in [0.2, 0.25) is 0 Å². The molecule has 0 spiro atoms. The molecular weight excluding hydrogens is 268 g/mol. The van der Waals surface area contributed by atoms with Crippen LogP contribution in [0, 0.1) is 0 Å². The lowest BCUT2D eigenvalue weighted by Gasteiger charge is -2.25. The summed E-state index contributed by atoms with van der Waals surface area (Å²) in [6.07, 6.45) is 0. The van der Waals surface area contributed by atoms with Crippen molar-refractivity contribution in [1.82, 2.24) is 20.4 Å². The summed E-state index contributed by atoms with van der Waals surface area (Å²) in [6, 6.07) is 13.4. The largest absolute Gasteiger partial charge is 0.346 e. The predicted molar refractivity (Wildman–Crippen MR) is 75.9 cm³/mol. The molecule has 1 saturated heterocycles. The Morgan fingerprint density at radius 1 is 1.05 bits per heavy atom. The zero-order chi connectivity index (χ0) is 14.7. The highest BCUT2D eigenvalue weighted by Crippen LogP contribution is 2.15. The second-order valence-electron chi connectivity index (χ2n) is 4.76. The molecule has 1 N–H and O–H groups in total. The van der Waals surface area contributed by atoms with Crippen molar-refractivity contribution in [2.75, 3.05) is 13.1 Å². The number of benzene rings is 1. The van der Waals surface area contributed by atoms with Crippen molar-refractivity contribution < 1.29 is 9.59 Å². The lowest BCUT2D eigenvalue weighted by Crippen LogP contribution is -2.51. The summed E-state index contributed by atoms with van der Waals surface area (Å²) in [5, 5.41) is 10.8. The zero-order valence-electron chi connectivity index (χ0n) is 11.3. The van der Waals surface area contributed by atoms with Gasteiger partial charge in [-0.25, -0.2) is 0 Å². The second-order valence-corrected chi connectivity index (χ2v) is 4.76. The standard InChI is InChI=1S/C15H14N4O2/c20-14-15(21)19(9-8-16-14)10-12-6-7-13(18-17-12)11-4-2-1-3-5-11/h1-7H,8-10H2,(H,16,20). The third-order valence-electron chi connectivity index (χ3n) is 3.29. The third kappa shape index (κ3) is 2.89. The molecule has 0 aliphatic carbocycles. The maximum absolute atomic E-state index is 11.7. The van der Waals surface area contributed by atoms with Gasteiger partial charge in [0.15, 0.2) is 0 Å². The van der Waals surface area contributed by atoms with Crippen LogP contribution in [0.1, 0.15) is 5.69 Å². The van der Waals surface area contributed by atoms with Crippen molar-refractivity contribution in [2.24, 2.45) is 0 Å². The Morgan fingerprint density at radius 3 is 2.57 bits per heavy atom. The van der Waals surface area contributed by atoms with Crippen molar-refractivity contribution >= 4 is 11.8 Å². The van der Waals surface area contributed by atoms with Gasteiger partial charge in [-0.05, 0) is 12.1 Å². The molecule has 0 atom stereocenters. The van der Waals surface area contributed by atoms with E-state index in [1.807, 2.05) is 42.5 Å². The number of carbonyl (C=O) groups is 2. The number of amides is 2. The van der Waals surface area contributed by atoms with Crippen LogP contribution in [0.25, 0.3) is 11.3 Å². The molecule has 3 rings (SSSR count). The van der Waals surface area contributed by atoms with Crippen LogP contribution in [0.5, 0.6) is 0 Å². The van der Waals surface area contributed by atoms with Crippen LogP contribution in [0.2, 0.25) is 0 Å². The number of nitrogens with zero attached hydrogens (tertiary/aromatic N) is 3. The molecule has 6 heteroatoms. The number of hydrogen-bond acceptors (Lipinski definition) is 4. The normalized spacial score (nSPS) is 15.0. The molecule has 2 aromatic rings. The highest BCUT2D eigenvalue weighted by Gasteiger charge is 2.26. The predicted octanol–water partition coefficient (Wildman–Crippen LogP) is 0.602. The lowest BCUT2D eigenvalue weighted by atomic mass is 10.1. The summed E-state index contributed by atoms with van der Waals surface area (Å²) in [5.41, 5.74) is 2.43. The van der Waals surface area contributed by atoms with Crippen molar-refractivity contribution in [3.63, 3.8) is 0 Å². The van der Waals surface area contributed by atoms with Crippen LogP contribution in [-0.4, -0.2) is 40.0 Å². The van der Waals surface area contributed by atoms with Gasteiger partial charge < -0.3 is 10.2 Å². The van der Waals surface area contributed by atoms with E-state index >= 15 is 0 Å². The first-order valence-electron chi connectivity index (χ1n) is 6.69. The summed E-state index contributed by atoms with van der Waals surface area (Å²) in [4.78, 5) is 24.5. The summed E-state index contributed by atoms with van der Waals surface area (Å²) in [7, 11) is 0. The zero-order valence-corrected chi connectivity index (χ0v) is 11.3. The van der Waals surface area contributed by atoms with E-state index in [-0.39, 0.29) is 0 Å².